The monoisotopic (exact) mass is 333 g/mol. The predicted octanol–water partition coefficient (Wildman–Crippen LogP) is 0.193. The van der Waals surface area contributed by atoms with Gasteiger partial charge in [-0.1, -0.05) is 11.8 Å². The lowest BCUT2D eigenvalue weighted by atomic mass is 10.2. The number of urea groups is 1. The summed E-state index contributed by atoms with van der Waals surface area (Å²) in [5.41, 5.74) is 0. The minimum Gasteiger partial charge on any atom is -0.463 e. The molecule has 0 radical (unpaired) electrons. The third-order valence-electron chi connectivity index (χ3n) is 2.69. The predicted molar refractivity (Wildman–Crippen MR) is 78.4 cm³/mol. The Balaban J connectivity index is 2.55. The van der Waals surface area contributed by atoms with Gasteiger partial charge in [-0.15, -0.1) is 0 Å². The van der Waals surface area contributed by atoms with Crippen molar-refractivity contribution in [2.45, 2.75) is 38.7 Å². The Morgan fingerprint density at radius 1 is 1.32 bits per heavy atom. The SMILES string of the molecule is CSC(=N)NC(=O)NC1C[C@@H](OC(C)=O)C(COC(C)=O)O1. The number of carbonyl (C=O) groups excluding carboxylic acids is 3. The maximum absolute atomic E-state index is 11.6. The molecule has 0 saturated carbocycles. The number of carbonyl (C=O) groups is 3. The number of rotatable bonds is 4. The zero-order valence-corrected chi connectivity index (χ0v) is 13.3. The molecule has 1 fully saturated rings. The van der Waals surface area contributed by atoms with Gasteiger partial charge in [0.15, 0.2) is 5.17 Å². The Kier molecular flexibility index (Phi) is 7.12. The molecular formula is C12H19N3O6S. The van der Waals surface area contributed by atoms with Crippen LogP contribution in [0, 0.1) is 5.41 Å². The van der Waals surface area contributed by atoms with E-state index in [-0.39, 0.29) is 18.2 Å². The molecule has 0 aromatic rings. The lowest BCUT2D eigenvalue weighted by Gasteiger charge is -2.17. The van der Waals surface area contributed by atoms with Gasteiger partial charge in [0, 0.05) is 20.3 Å². The van der Waals surface area contributed by atoms with Crippen molar-refractivity contribution in [2.24, 2.45) is 0 Å². The van der Waals surface area contributed by atoms with Gasteiger partial charge in [-0.3, -0.25) is 20.3 Å². The molecule has 0 spiro atoms. The summed E-state index contributed by atoms with van der Waals surface area (Å²) in [6, 6.07) is -0.598. The van der Waals surface area contributed by atoms with Crippen LogP contribution in [0.4, 0.5) is 4.79 Å². The van der Waals surface area contributed by atoms with Gasteiger partial charge in [-0.05, 0) is 6.26 Å². The first-order chi connectivity index (χ1) is 10.3. The number of amides is 2. The number of nitrogens with one attached hydrogen (secondary N) is 3. The molecule has 2 amide bonds. The second-order valence-electron chi connectivity index (χ2n) is 4.48. The molecule has 1 saturated heterocycles. The normalized spacial score (nSPS) is 23.5. The molecule has 3 N–H and O–H groups in total. The first-order valence-corrected chi connectivity index (χ1v) is 7.70. The molecule has 9 nitrogen and oxygen atoms in total. The van der Waals surface area contributed by atoms with Crippen LogP contribution in [0.3, 0.4) is 0 Å². The quantitative estimate of drug-likeness (QED) is 0.381. The van der Waals surface area contributed by atoms with Crippen molar-refractivity contribution in [3.05, 3.63) is 0 Å². The summed E-state index contributed by atoms with van der Waals surface area (Å²) in [6.07, 6.45) is -0.105. The average Bonchev–Trinajstić information content (AvgIpc) is 2.76. The summed E-state index contributed by atoms with van der Waals surface area (Å²) in [6.45, 7) is 2.44. The third-order valence-corrected chi connectivity index (χ3v) is 3.20. The first kappa shape index (κ1) is 18.2. The van der Waals surface area contributed by atoms with E-state index in [1.54, 1.807) is 6.26 Å². The molecule has 1 rings (SSSR count). The van der Waals surface area contributed by atoms with Gasteiger partial charge >= 0.3 is 18.0 Å². The van der Waals surface area contributed by atoms with Gasteiger partial charge in [0.1, 0.15) is 25.0 Å². The fourth-order valence-corrected chi connectivity index (χ4v) is 2.02. The summed E-state index contributed by atoms with van der Waals surface area (Å²) in [5, 5.41) is 12.1. The number of ether oxygens (including phenoxy) is 3. The van der Waals surface area contributed by atoms with Gasteiger partial charge in [0.2, 0.25) is 0 Å². The van der Waals surface area contributed by atoms with Crippen molar-refractivity contribution < 1.29 is 28.6 Å². The molecular weight excluding hydrogens is 314 g/mol. The number of amidine groups is 1. The minimum atomic E-state index is -0.709. The van der Waals surface area contributed by atoms with Crippen LogP contribution in [0.1, 0.15) is 20.3 Å². The van der Waals surface area contributed by atoms with Crippen LogP contribution in [-0.4, -0.2) is 54.4 Å². The molecule has 124 valence electrons. The van der Waals surface area contributed by atoms with E-state index in [0.29, 0.717) is 0 Å². The molecule has 0 aromatic carbocycles. The van der Waals surface area contributed by atoms with E-state index in [9.17, 15) is 14.4 Å². The second kappa shape index (κ2) is 8.59. The number of thioether (sulfide) groups is 1. The van der Waals surface area contributed by atoms with Gasteiger partial charge in [-0.25, -0.2) is 4.79 Å². The van der Waals surface area contributed by atoms with Crippen LogP contribution in [0.15, 0.2) is 0 Å². The van der Waals surface area contributed by atoms with Crippen LogP contribution in [0.2, 0.25) is 0 Å². The Bertz CT molecular complexity index is 458. The highest BCUT2D eigenvalue weighted by Crippen LogP contribution is 2.22. The summed E-state index contributed by atoms with van der Waals surface area (Å²) in [5.74, 6) is -0.969. The standard InChI is InChI=1S/C12H19N3O6S/c1-6(16)19-5-9-8(20-7(2)17)4-10(21-9)14-12(18)15-11(13)22-3/h8-10H,4-5H2,1-3H3,(H3,13,14,15,18)/t8-,9?,10?/m1/s1. The van der Waals surface area contributed by atoms with E-state index >= 15 is 0 Å². The lowest BCUT2D eigenvalue weighted by Crippen LogP contribution is -2.43. The van der Waals surface area contributed by atoms with Crippen molar-refractivity contribution in [2.75, 3.05) is 12.9 Å². The topological polar surface area (TPSA) is 127 Å². The lowest BCUT2D eigenvalue weighted by molar-refractivity contribution is -0.154. The summed E-state index contributed by atoms with van der Waals surface area (Å²) >= 11 is 1.08. The van der Waals surface area contributed by atoms with Crippen LogP contribution >= 0.6 is 11.8 Å². The molecule has 0 aliphatic carbocycles. The first-order valence-electron chi connectivity index (χ1n) is 6.48. The number of hydrogen-bond acceptors (Lipinski definition) is 8. The zero-order valence-electron chi connectivity index (χ0n) is 12.5. The van der Waals surface area contributed by atoms with E-state index in [2.05, 4.69) is 10.6 Å². The van der Waals surface area contributed by atoms with Crippen molar-refractivity contribution >= 4 is 34.9 Å². The largest absolute Gasteiger partial charge is 0.463 e. The van der Waals surface area contributed by atoms with Crippen LogP contribution in [0.25, 0.3) is 0 Å². The maximum Gasteiger partial charge on any atom is 0.322 e. The fraction of sp³-hybridized carbons (Fsp3) is 0.667. The Labute approximate surface area is 131 Å². The fourth-order valence-electron chi connectivity index (χ4n) is 1.83. The van der Waals surface area contributed by atoms with Crippen LogP contribution in [0.5, 0.6) is 0 Å². The van der Waals surface area contributed by atoms with Gasteiger partial charge in [-0.2, -0.15) is 0 Å². The highest BCUT2D eigenvalue weighted by molar-refractivity contribution is 8.13. The van der Waals surface area contributed by atoms with E-state index in [1.807, 2.05) is 0 Å². The van der Waals surface area contributed by atoms with Crippen LogP contribution in [-0.2, 0) is 23.8 Å². The van der Waals surface area contributed by atoms with Crippen molar-refractivity contribution in [1.29, 1.82) is 5.41 Å². The highest BCUT2D eigenvalue weighted by atomic mass is 32.2. The smallest absolute Gasteiger partial charge is 0.322 e. The molecule has 0 bridgehead atoms. The van der Waals surface area contributed by atoms with E-state index in [0.717, 1.165) is 11.8 Å². The molecule has 1 heterocycles. The molecule has 0 aromatic heterocycles. The van der Waals surface area contributed by atoms with E-state index < -0.39 is 36.4 Å². The van der Waals surface area contributed by atoms with Crippen molar-refractivity contribution in [3.63, 3.8) is 0 Å². The van der Waals surface area contributed by atoms with Gasteiger partial charge in [0.05, 0.1) is 0 Å². The maximum atomic E-state index is 11.6. The summed E-state index contributed by atoms with van der Waals surface area (Å²) in [4.78, 5) is 33.6. The Hall–Kier alpha value is -1.81. The van der Waals surface area contributed by atoms with Gasteiger partial charge < -0.3 is 19.5 Å². The molecule has 22 heavy (non-hydrogen) atoms. The number of esters is 2. The number of hydrogen-bond donors (Lipinski definition) is 3. The second-order valence-corrected chi connectivity index (χ2v) is 5.30. The molecule has 1 aliphatic heterocycles. The van der Waals surface area contributed by atoms with E-state index in [1.165, 1.54) is 13.8 Å². The Morgan fingerprint density at radius 3 is 2.55 bits per heavy atom. The minimum absolute atomic E-state index is 0.0107. The van der Waals surface area contributed by atoms with Crippen molar-refractivity contribution in [1.82, 2.24) is 10.6 Å². The Morgan fingerprint density at radius 2 is 2.00 bits per heavy atom. The summed E-state index contributed by atoms with van der Waals surface area (Å²) in [7, 11) is 0. The van der Waals surface area contributed by atoms with Crippen LogP contribution < -0.4 is 10.6 Å². The van der Waals surface area contributed by atoms with E-state index in [4.69, 9.17) is 19.6 Å². The molecule has 2 unspecified atom stereocenters. The third kappa shape index (κ3) is 6.31. The molecule has 3 atom stereocenters. The molecule has 10 heteroatoms. The zero-order chi connectivity index (χ0) is 16.7. The van der Waals surface area contributed by atoms with Crippen molar-refractivity contribution in [3.8, 4) is 0 Å². The summed E-state index contributed by atoms with van der Waals surface area (Å²) < 4.78 is 15.5. The molecule has 1 aliphatic rings. The highest BCUT2D eigenvalue weighted by Gasteiger charge is 2.39. The van der Waals surface area contributed by atoms with Gasteiger partial charge in [0.25, 0.3) is 0 Å². The average molecular weight is 333 g/mol.